The van der Waals surface area contributed by atoms with Crippen LogP contribution < -0.4 is 10.6 Å². The first-order valence-corrected chi connectivity index (χ1v) is 5.14. The highest BCUT2D eigenvalue weighted by Gasteiger charge is 1.99. The largest absolute Gasteiger partial charge is 0.350 e. The molecule has 0 unspecified atom stereocenters. The summed E-state index contributed by atoms with van der Waals surface area (Å²) in [6.45, 7) is 1.29. The van der Waals surface area contributed by atoms with Gasteiger partial charge in [0.2, 0.25) is 5.91 Å². The van der Waals surface area contributed by atoms with Crippen LogP contribution in [0.4, 0.5) is 0 Å². The van der Waals surface area contributed by atoms with Crippen LogP contribution >= 0.6 is 11.3 Å². The predicted octanol–water partition coefficient (Wildman–Crippen LogP) is 0.587. The molecule has 4 heteroatoms. The van der Waals surface area contributed by atoms with E-state index in [4.69, 9.17) is 6.42 Å². The van der Waals surface area contributed by atoms with Crippen molar-refractivity contribution in [2.75, 3.05) is 13.1 Å². The first-order chi connectivity index (χ1) is 6.83. The lowest BCUT2D eigenvalue weighted by atomic mass is 10.4. The molecule has 1 aromatic rings. The molecule has 0 saturated carbocycles. The van der Waals surface area contributed by atoms with Gasteiger partial charge in [-0.25, -0.2) is 0 Å². The first-order valence-electron chi connectivity index (χ1n) is 4.26. The average Bonchev–Trinajstić information content (AvgIpc) is 2.68. The molecule has 0 aromatic carbocycles. The van der Waals surface area contributed by atoms with Crippen LogP contribution in [0.15, 0.2) is 17.5 Å². The van der Waals surface area contributed by atoms with E-state index < -0.39 is 0 Å². The van der Waals surface area contributed by atoms with Gasteiger partial charge in [0.15, 0.2) is 0 Å². The highest BCUT2D eigenvalue weighted by Crippen LogP contribution is 2.06. The molecule has 3 nitrogen and oxygen atoms in total. The van der Waals surface area contributed by atoms with Gasteiger partial charge in [0.05, 0.1) is 19.6 Å². The molecule has 0 spiro atoms. The Balaban J connectivity index is 2.13. The molecule has 1 rings (SSSR count). The Morgan fingerprint density at radius 3 is 3.14 bits per heavy atom. The van der Waals surface area contributed by atoms with Crippen molar-refractivity contribution in [3.05, 3.63) is 22.4 Å². The van der Waals surface area contributed by atoms with Crippen molar-refractivity contribution in [2.45, 2.75) is 6.54 Å². The molecule has 0 fully saturated rings. The van der Waals surface area contributed by atoms with E-state index in [1.807, 2.05) is 17.5 Å². The first kappa shape index (κ1) is 10.8. The molecule has 0 radical (unpaired) electrons. The van der Waals surface area contributed by atoms with E-state index in [0.717, 1.165) is 4.88 Å². The fourth-order valence-electron chi connectivity index (χ4n) is 0.910. The van der Waals surface area contributed by atoms with Crippen molar-refractivity contribution in [2.24, 2.45) is 0 Å². The molecule has 1 amide bonds. The normalized spacial score (nSPS) is 9.36. The summed E-state index contributed by atoms with van der Waals surface area (Å²) in [7, 11) is 0. The molecule has 0 aliphatic rings. The van der Waals surface area contributed by atoms with Gasteiger partial charge in [-0.1, -0.05) is 12.0 Å². The molecule has 1 heterocycles. The number of amides is 1. The maximum Gasteiger partial charge on any atom is 0.234 e. The minimum atomic E-state index is -0.0337. The molecule has 0 atom stereocenters. The lowest BCUT2D eigenvalue weighted by Gasteiger charge is -2.02. The number of hydrogen-bond donors (Lipinski definition) is 2. The van der Waals surface area contributed by atoms with E-state index in [0.29, 0.717) is 13.1 Å². The maximum atomic E-state index is 11.2. The van der Waals surface area contributed by atoms with Gasteiger partial charge in [0.1, 0.15) is 0 Å². The molecule has 0 aliphatic carbocycles. The van der Waals surface area contributed by atoms with Crippen LogP contribution in [0.25, 0.3) is 0 Å². The van der Waals surface area contributed by atoms with E-state index >= 15 is 0 Å². The van der Waals surface area contributed by atoms with E-state index in [2.05, 4.69) is 16.6 Å². The lowest BCUT2D eigenvalue weighted by molar-refractivity contribution is -0.120. The van der Waals surface area contributed by atoms with E-state index in [9.17, 15) is 4.79 Å². The van der Waals surface area contributed by atoms with Gasteiger partial charge in [0.25, 0.3) is 0 Å². The van der Waals surface area contributed by atoms with Crippen molar-refractivity contribution in [1.29, 1.82) is 0 Å². The SMILES string of the molecule is C#CCNCC(=O)NCc1cccs1. The number of hydrogen-bond acceptors (Lipinski definition) is 3. The Hall–Kier alpha value is -1.31. The average molecular weight is 208 g/mol. The van der Waals surface area contributed by atoms with E-state index in [1.54, 1.807) is 11.3 Å². The van der Waals surface area contributed by atoms with E-state index in [1.165, 1.54) is 0 Å². The Labute approximate surface area is 87.5 Å². The molecular weight excluding hydrogens is 196 g/mol. The number of rotatable bonds is 5. The quantitative estimate of drug-likeness (QED) is 0.549. The molecule has 0 aliphatic heterocycles. The van der Waals surface area contributed by atoms with Crippen LogP contribution in [0, 0.1) is 12.3 Å². The summed E-state index contributed by atoms with van der Waals surface area (Å²) in [6.07, 6.45) is 5.02. The zero-order valence-corrected chi connectivity index (χ0v) is 8.56. The van der Waals surface area contributed by atoms with Gasteiger partial charge < -0.3 is 5.32 Å². The van der Waals surface area contributed by atoms with Gasteiger partial charge in [-0.15, -0.1) is 17.8 Å². The summed E-state index contributed by atoms with van der Waals surface area (Å²) in [6, 6.07) is 3.95. The molecule has 0 bridgehead atoms. The van der Waals surface area contributed by atoms with Crippen LogP contribution in [-0.4, -0.2) is 19.0 Å². The summed E-state index contributed by atoms with van der Waals surface area (Å²) < 4.78 is 0. The standard InChI is InChI=1S/C10H12N2OS/c1-2-5-11-8-10(13)12-7-9-4-3-6-14-9/h1,3-4,6,11H,5,7-8H2,(H,12,13). The number of nitrogens with one attached hydrogen (secondary N) is 2. The van der Waals surface area contributed by atoms with Crippen LogP contribution in [0.1, 0.15) is 4.88 Å². The van der Waals surface area contributed by atoms with Crippen LogP contribution in [0.5, 0.6) is 0 Å². The predicted molar refractivity (Wildman–Crippen MR) is 57.9 cm³/mol. The van der Waals surface area contributed by atoms with E-state index in [-0.39, 0.29) is 12.5 Å². The van der Waals surface area contributed by atoms with Crippen molar-refractivity contribution in [1.82, 2.24) is 10.6 Å². The smallest absolute Gasteiger partial charge is 0.234 e. The molecule has 0 saturated heterocycles. The third kappa shape index (κ3) is 4.08. The third-order valence-electron chi connectivity index (χ3n) is 1.55. The Morgan fingerprint density at radius 1 is 1.64 bits per heavy atom. The number of carbonyl (C=O) groups is 1. The van der Waals surface area contributed by atoms with Crippen molar-refractivity contribution in [3.63, 3.8) is 0 Å². The maximum absolute atomic E-state index is 11.2. The highest BCUT2D eigenvalue weighted by molar-refractivity contribution is 7.09. The van der Waals surface area contributed by atoms with Gasteiger partial charge in [-0.3, -0.25) is 10.1 Å². The van der Waals surface area contributed by atoms with Crippen molar-refractivity contribution < 1.29 is 4.79 Å². The zero-order chi connectivity index (χ0) is 10.2. The molecule has 74 valence electrons. The summed E-state index contributed by atoms with van der Waals surface area (Å²) in [4.78, 5) is 12.3. The highest BCUT2D eigenvalue weighted by atomic mass is 32.1. The van der Waals surface area contributed by atoms with Crippen LogP contribution in [0.3, 0.4) is 0 Å². The second-order valence-electron chi connectivity index (χ2n) is 2.66. The summed E-state index contributed by atoms with van der Waals surface area (Å²) >= 11 is 1.63. The third-order valence-corrected chi connectivity index (χ3v) is 2.43. The Kier molecular flexibility index (Phi) is 4.76. The van der Waals surface area contributed by atoms with Gasteiger partial charge >= 0.3 is 0 Å². The summed E-state index contributed by atoms with van der Waals surface area (Å²) in [5.74, 6) is 2.37. The fourth-order valence-corrected chi connectivity index (χ4v) is 1.55. The second-order valence-corrected chi connectivity index (χ2v) is 3.70. The fraction of sp³-hybridized carbons (Fsp3) is 0.300. The number of terminal acetylenes is 1. The summed E-state index contributed by atoms with van der Waals surface area (Å²) in [5.41, 5.74) is 0. The second kappa shape index (κ2) is 6.19. The monoisotopic (exact) mass is 208 g/mol. The minimum absolute atomic E-state index is 0.0337. The molecule has 14 heavy (non-hydrogen) atoms. The van der Waals surface area contributed by atoms with Crippen LogP contribution in [0.2, 0.25) is 0 Å². The molecular formula is C10H12N2OS. The Morgan fingerprint density at radius 2 is 2.50 bits per heavy atom. The molecule has 1 aromatic heterocycles. The number of carbonyl (C=O) groups excluding carboxylic acids is 1. The minimum Gasteiger partial charge on any atom is -0.350 e. The van der Waals surface area contributed by atoms with Gasteiger partial charge in [-0.2, -0.15) is 0 Å². The van der Waals surface area contributed by atoms with Crippen molar-refractivity contribution in [3.8, 4) is 12.3 Å². The molecule has 2 N–H and O–H groups in total. The van der Waals surface area contributed by atoms with Crippen LogP contribution in [-0.2, 0) is 11.3 Å². The Bertz CT molecular complexity index is 313. The van der Waals surface area contributed by atoms with Gasteiger partial charge in [-0.05, 0) is 11.4 Å². The summed E-state index contributed by atoms with van der Waals surface area (Å²) in [5, 5.41) is 7.59. The lowest BCUT2D eigenvalue weighted by Crippen LogP contribution is -2.33. The van der Waals surface area contributed by atoms with Gasteiger partial charge in [0, 0.05) is 4.88 Å². The zero-order valence-electron chi connectivity index (χ0n) is 7.75. The van der Waals surface area contributed by atoms with Crippen molar-refractivity contribution >= 4 is 17.2 Å². The number of thiophene rings is 1. The topological polar surface area (TPSA) is 41.1 Å².